The molecule has 1 fully saturated rings. The highest BCUT2D eigenvalue weighted by Crippen LogP contribution is 2.30. The zero-order valence-corrected chi connectivity index (χ0v) is 16.8. The monoisotopic (exact) mass is 401 g/mol. The number of aliphatic hydroxyl groups excluding tert-OH is 1. The lowest BCUT2D eigenvalue weighted by Crippen LogP contribution is -2.31. The third-order valence-corrected chi connectivity index (χ3v) is 5.53. The van der Waals surface area contributed by atoms with Crippen molar-refractivity contribution in [1.29, 1.82) is 0 Å². The van der Waals surface area contributed by atoms with E-state index in [-0.39, 0.29) is 48.7 Å². The molecule has 3 N–H and O–H groups in total. The maximum atomic E-state index is 12.7. The highest BCUT2D eigenvalue weighted by Gasteiger charge is 2.34. The Bertz CT molecular complexity index is 843. The number of carbonyl (C=O) groups excluding carboxylic acids is 3. The van der Waals surface area contributed by atoms with E-state index in [1.165, 1.54) is 12.0 Å². The zero-order valence-electron chi connectivity index (χ0n) is 16.8. The molecule has 1 aliphatic carbocycles. The minimum Gasteiger partial charge on any atom is -0.466 e. The molecule has 8 nitrogen and oxygen atoms in total. The molecular weight excluding hydrogens is 374 g/mol. The lowest BCUT2D eigenvalue weighted by molar-refractivity contribution is -0.136. The van der Waals surface area contributed by atoms with Crippen molar-refractivity contribution in [3.63, 3.8) is 0 Å². The highest BCUT2D eigenvalue weighted by atomic mass is 16.5. The van der Waals surface area contributed by atoms with Gasteiger partial charge in [0.2, 0.25) is 5.91 Å². The van der Waals surface area contributed by atoms with E-state index >= 15 is 0 Å². The lowest BCUT2D eigenvalue weighted by Gasteiger charge is -2.17. The molecule has 0 atom stereocenters. The van der Waals surface area contributed by atoms with Gasteiger partial charge in [0.05, 0.1) is 25.8 Å². The average molecular weight is 401 g/mol. The van der Waals surface area contributed by atoms with Crippen LogP contribution in [0.1, 0.15) is 31.2 Å². The summed E-state index contributed by atoms with van der Waals surface area (Å²) in [6, 6.07) is 5.38. The SMILES string of the molecule is COC(=O)C1=C(Nc2cccc(NC(=O)C3CCCC3)c2C)C(=O)N(CCO)C1. The number of rotatable bonds is 7. The Hall–Kier alpha value is -2.87. The largest absolute Gasteiger partial charge is 0.466 e. The van der Waals surface area contributed by atoms with Gasteiger partial charge in [-0.05, 0) is 37.5 Å². The van der Waals surface area contributed by atoms with E-state index in [1.54, 1.807) is 12.1 Å². The minimum absolute atomic E-state index is 0.0169. The Morgan fingerprint density at radius 1 is 1.24 bits per heavy atom. The normalized spacial score (nSPS) is 17.1. The third kappa shape index (κ3) is 4.42. The lowest BCUT2D eigenvalue weighted by atomic mass is 10.1. The fourth-order valence-corrected chi connectivity index (χ4v) is 3.81. The van der Waals surface area contributed by atoms with Crippen molar-refractivity contribution < 1.29 is 24.2 Å². The van der Waals surface area contributed by atoms with E-state index in [4.69, 9.17) is 9.84 Å². The van der Waals surface area contributed by atoms with Crippen molar-refractivity contribution in [3.8, 4) is 0 Å². The summed E-state index contributed by atoms with van der Waals surface area (Å²) >= 11 is 0. The fourth-order valence-electron chi connectivity index (χ4n) is 3.81. The molecule has 156 valence electrons. The van der Waals surface area contributed by atoms with Crippen LogP contribution in [-0.4, -0.2) is 54.6 Å². The molecule has 0 spiro atoms. The molecule has 1 heterocycles. The van der Waals surface area contributed by atoms with Gasteiger partial charge in [0.1, 0.15) is 5.70 Å². The Balaban J connectivity index is 1.83. The maximum absolute atomic E-state index is 12.7. The van der Waals surface area contributed by atoms with E-state index in [9.17, 15) is 14.4 Å². The summed E-state index contributed by atoms with van der Waals surface area (Å²) in [4.78, 5) is 38.7. The molecule has 29 heavy (non-hydrogen) atoms. The molecular formula is C21H27N3O5. The number of carbonyl (C=O) groups is 3. The first-order valence-electron chi connectivity index (χ1n) is 9.85. The number of hydrogen-bond donors (Lipinski definition) is 3. The van der Waals surface area contributed by atoms with Crippen molar-refractivity contribution in [3.05, 3.63) is 35.0 Å². The number of aliphatic hydroxyl groups is 1. The van der Waals surface area contributed by atoms with Gasteiger partial charge in [-0.1, -0.05) is 18.9 Å². The van der Waals surface area contributed by atoms with Crippen LogP contribution in [0.15, 0.2) is 29.5 Å². The fraction of sp³-hybridized carbons (Fsp3) is 0.476. The molecule has 0 aromatic heterocycles. The number of nitrogens with one attached hydrogen (secondary N) is 2. The topological polar surface area (TPSA) is 108 Å². The van der Waals surface area contributed by atoms with Gasteiger partial charge in [-0.15, -0.1) is 0 Å². The van der Waals surface area contributed by atoms with Crippen LogP contribution in [0.25, 0.3) is 0 Å². The first-order valence-corrected chi connectivity index (χ1v) is 9.85. The van der Waals surface area contributed by atoms with Crippen LogP contribution in [0.2, 0.25) is 0 Å². The summed E-state index contributed by atoms with van der Waals surface area (Å²) in [6.45, 7) is 1.84. The van der Waals surface area contributed by atoms with Crippen molar-refractivity contribution in [1.82, 2.24) is 4.90 Å². The number of esters is 1. The molecule has 2 amide bonds. The van der Waals surface area contributed by atoms with Crippen LogP contribution in [0, 0.1) is 12.8 Å². The van der Waals surface area contributed by atoms with E-state index in [1.807, 2.05) is 13.0 Å². The number of hydrogen-bond acceptors (Lipinski definition) is 6. The van der Waals surface area contributed by atoms with Gasteiger partial charge >= 0.3 is 5.97 Å². The second-order valence-electron chi connectivity index (χ2n) is 7.37. The van der Waals surface area contributed by atoms with Crippen LogP contribution in [0.5, 0.6) is 0 Å². The van der Waals surface area contributed by atoms with Crippen LogP contribution >= 0.6 is 0 Å². The smallest absolute Gasteiger partial charge is 0.337 e. The quantitative estimate of drug-likeness (QED) is 0.602. The number of β-amino-alcohol motifs (C(OH)–C–C–N with tert-alkyl or cyclic N) is 1. The van der Waals surface area contributed by atoms with E-state index in [2.05, 4.69) is 10.6 Å². The number of benzene rings is 1. The maximum Gasteiger partial charge on any atom is 0.337 e. The predicted octanol–water partition coefficient (Wildman–Crippen LogP) is 1.80. The summed E-state index contributed by atoms with van der Waals surface area (Å²) in [5.41, 5.74) is 2.40. The van der Waals surface area contributed by atoms with Crippen molar-refractivity contribution in [2.75, 3.05) is 37.4 Å². The molecule has 0 radical (unpaired) electrons. The Kier molecular flexibility index (Phi) is 6.53. The number of methoxy groups -OCH3 is 1. The molecule has 0 unspecified atom stereocenters. The molecule has 1 aromatic carbocycles. The van der Waals surface area contributed by atoms with Gasteiger partial charge in [-0.3, -0.25) is 9.59 Å². The third-order valence-electron chi connectivity index (χ3n) is 5.53. The summed E-state index contributed by atoms with van der Waals surface area (Å²) in [5, 5.41) is 15.2. The van der Waals surface area contributed by atoms with Gasteiger partial charge in [-0.2, -0.15) is 0 Å². The van der Waals surface area contributed by atoms with E-state index < -0.39 is 5.97 Å². The summed E-state index contributed by atoms with van der Waals surface area (Å²) in [5.74, 6) is -0.907. The van der Waals surface area contributed by atoms with Crippen molar-refractivity contribution >= 4 is 29.2 Å². The first kappa shape index (κ1) is 20.9. The number of anilines is 2. The van der Waals surface area contributed by atoms with Gasteiger partial charge in [-0.25, -0.2) is 4.79 Å². The molecule has 1 aliphatic heterocycles. The van der Waals surface area contributed by atoms with Crippen molar-refractivity contribution in [2.45, 2.75) is 32.6 Å². The minimum atomic E-state index is -0.593. The molecule has 0 bridgehead atoms. The van der Waals surface area contributed by atoms with Gasteiger partial charge in [0.25, 0.3) is 5.91 Å². The molecule has 2 aliphatic rings. The van der Waals surface area contributed by atoms with Crippen LogP contribution < -0.4 is 10.6 Å². The van der Waals surface area contributed by atoms with E-state index in [0.717, 1.165) is 31.2 Å². The summed E-state index contributed by atoms with van der Waals surface area (Å²) in [6.07, 6.45) is 3.98. The van der Waals surface area contributed by atoms with Gasteiger partial charge in [0.15, 0.2) is 0 Å². The van der Waals surface area contributed by atoms with Crippen LogP contribution in [0.3, 0.4) is 0 Å². The first-order chi connectivity index (χ1) is 14.0. The zero-order chi connectivity index (χ0) is 21.0. The summed E-state index contributed by atoms with van der Waals surface area (Å²) < 4.78 is 4.81. The Morgan fingerprint density at radius 3 is 2.59 bits per heavy atom. The standard InChI is InChI=1S/C21H27N3O5/c1-13-16(8-5-9-17(13)23-19(26)14-6-3-4-7-14)22-18-15(21(28)29-2)12-24(10-11-25)20(18)27/h5,8-9,14,22,25H,3-4,6-7,10-12H2,1-2H3,(H,23,26). The number of ether oxygens (including phenoxy) is 1. The molecule has 1 saturated carbocycles. The molecule has 1 aromatic rings. The second-order valence-corrected chi connectivity index (χ2v) is 7.37. The van der Waals surface area contributed by atoms with Crippen molar-refractivity contribution in [2.24, 2.45) is 5.92 Å². The summed E-state index contributed by atoms with van der Waals surface area (Å²) in [7, 11) is 1.26. The molecule has 3 rings (SSSR count). The number of nitrogens with zero attached hydrogens (tertiary/aromatic N) is 1. The molecule has 0 saturated heterocycles. The van der Waals surface area contributed by atoms with Gasteiger partial charge < -0.3 is 25.4 Å². The predicted molar refractivity (Wildman–Crippen MR) is 108 cm³/mol. The van der Waals surface area contributed by atoms with Gasteiger partial charge in [0, 0.05) is 23.8 Å². The molecule has 8 heteroatoms. The van der Waals surface area contributed by atoms with E-state index in [0.29, 0.717) is 11.4 Å². The highest BCUT2D eigenvalue weighted by molar-refractivity contribution is 6.08. The Morgan fingerprint density at radius 2 is 1.93 bits per heavy atom. The Labute approximate surface area is 169 Å². The average Bonchev–Trinajstić information content (AvgIpc) is 3.35. The number of amides is 2. The van der Waals surface area contributed by atoms with Crippen LogP contribution in [-0.2, 0) is 19.1 Å². The second kappa shape index (κ2) is 9.09. The van der Waals surface area contributed by atoms with Crippen LogP contribution in [0.4, 0.5) is 11.4 Å².